The molecule has 1 unspecified atom stereocenters. The van der Waals surface area contributed by atoms with Crippen molar-refractivity contribution in [3.05, 3.63) is 65.5 Å². The van der Waals surface area contributed by atoms with Crippen LogP contribution in [0.15, 0.2) is 53.4 Å². The molecule has 25 heavy (non-hydrogen) atoms. The van der Waals surface area contributed by atoms with E-state index in [1.807, 2.05) is 6.92 Å². The Labute approximate surface area is 147 Å². The quantitative estimate of drug-likeness (QED) is 0.790. The molecule has 2 aromatic rings. The van der Waals surface area contributed by atoms with Crippen LogP contribution in [0.4, 0.5) is 4.39 Å². The lowest BCUT2D eigenvalue weighted by Crippen LogP contribution is -2.30. The van der Waals surface area contributed by atoms with Crippen LogP contribution in [-0.2, 0) is 21.2 Å². The smallest absolute Gasteiger partial charge is 0.238 e. The van der Waals surface area contributed by atoms with Gasteiger partial charge in [0, 0.05) is 6.54 Å². The van der Waals surface area contributed by atoms with Gasteiger partial charge in [0.2, 0.25) is 15.9 Å². The first-order valence-corrected chi connectivity index (χ1v) is 9.51. The minimum atomic E-state index is -3.70. The number of benzene rings is 2. The van der Waals surface area contributed by atoms with Crippen molar-refractivity contribution in [1.82, 2.24) is 5.32 Å². The van der Waals surface area contributed by atoms with Gasteiger partial charge in [-0.1, -0.05) is 31.2 Å². The molecule has 3 N–H and O–H groups in total. The Morgan fingerprint density at radius 1 is 1.12 bits per heavy atom. The summed E-state index contributed by atoms with van der Waals surface area (Å²) in [5.41, 5.74) is 1.67. The van der Waals surface area contributed by atoms with Crippen molar-refractivity contribution >= 4 is 15.9 Å². The van der Waals surface area contributed by atoms with E-state index < -0.39 is 10.0 Å². The minimum absolute atomic E-state index is 0.0580. The predicted molar refractivity (Wildman–Crippen MR) is 94.0 cm³/mol. The van der Waals surface area contributed by atoms with Crippen molar-refractivity contribution in [3.8, 4) is 0 Å². The number of carbonyl (C=O) groups excluding carboxylic acids is 1. The topological polar surface area (TPSA) is 89.3 Å². The van der Waals surface area contributed by atoms with Crippen LogP contribution in [0.5, 0.6) is 0 Å². The standard InChI is InChI=1S/C18H21FN2O3S/c1-2-17(14-5-7-15(19)8-6-14)18(22)21-12-11-13-3-9-16(10-4-13)25(20,23)24/h3-10,17H,2,11-12H2,1H3,(H,21,22)(H2,20,23,24). The van der Waals surface area contributed by atoms with Gasteiger partial charge in [0.05, 0.1) is 10.8 Å². The third-order valence-corrected chi connectivity index (χ3v) is 4.89. The summed E-state index contributed by atoms with van der Waals surface area (Å²) in [4.78, 5) is 12.4. The van der Waals surface area contributed by atoms with Gasteiger partial charge in [0.25, 0.3) is 0 Å². The molecule has 1 amide bonds. The maximum absolute atomic E-state index is 13.0. The number of halogens is 1. The van der Waals surface area contributed by atoms with Crippen LogP contribution < -0.4 is 10.5 Å². The maximum atomic E-state index is 13.0. The molecule has 2 rings (SSSR count). The van der Waals surface area contributed by atoms with Crippen molar-refractivity contribution in [3.63, 3.8) is 0 Å². The normalized spacial score (nSPS) is 12.6. The molecule has 1 atom stereocenters. The summed E-state index contributed by atoms with van der Waals surface area (Å²) in [5, 5.41) is 7.92. The lowest BCUT2D eigenvalue weighted by molar-refractivity contribution is -0.122. The second kappa shape index (κ2) is 8.22. The summed E-state index contributed by atoms with van der Waals surface area (Å²) in [6.45, 7) is 2.32. The Hall–Kier alpha value is -2.25. The molecular weight excluding hydrogens is 343 g/mol. The molecule has 0 aliphatic heterocycles. The fraction of sp³-hybridized carbons (Fsp3) is 0.278. The number of primary sulfonamides is 1. The Morgan fingerprint density at radius 2 is 1.72 bits per heavy atom. The van der Waals surface area contributed by atoms with E-state index >= 15 is 0 Å². The van der Waals surface area contributed by atoms with E-state index in [9.17, 15) is 17.6 Å². The summed E-state index contributed by atoms with van der Waals surface area (Å²) < 4.78 is 35.4. The molecule has 0 aliphatic carbocycles. The molecule has 0 saturated carbocycles. The first-order chi connectivity index (χ1) is 11.8. The first kappa shape index (κ1) is 19.1. The van der Waals surface area contributed by atoms with Gasteiger partial charge in [-0.2, -0.15) is 0 Å². The molecule has 0 saturated heterocycles. The van der Waals surface area contributed by atoms with E-state index in [1.54, 1.807) is 24.3 Å². The zero-order valence-electron chi connectivity index (χ0n) is 13.9. The lowest BCUT2D eigenvalue weighted by Gasteiger charge is -2.15. The SMILES string of the molecule is CCC(C(=O)NCCc1ccc(S(N)(=O)=O)cc1)c1ccc(F)cc1. The minimum Gasteiger partial charge on any atom is -0.355 e. The summed E-state index contributed by atoms with van der Waals surface area (Å²) in [6, 6.07) is 12.2. The fourth-order valence-electron chi connectivity index (χ4n) is 2.57. The molecule has 134 valence electrons. The molecule has 0 spiro atoms. The van der Waals surface area contributed by atoms with Crippen LogP contribution in [0.1, 0.15) is 30.4 Å². The van der Waals surface area contributed by atoms with Gasteiger partial charge in [-0.15, -0.1) is 0 Å². The predicted octanol–water partition coefficient (Wildman–Crippen LogP) is 2.33. The van der Waals surface area contributed by atoms with Crippen molar-refractivity contribution in [2.24, 2.45) is 5.14 Å². The highest BCUT2D eigenvalue weighted by Crippen LogP contribution is 2.20. The number of hydrogen-bond donors (Lipinski definition) is 2. The number of hydrogen-bond acceptors (Lipinski definition) is 3. The monoisotopic (exact) mass is 364 g/mol. The maximum Gasteiger partial charge on any atom is 0.238 e. The third kappa shape index (κ3) is 5.37. The molecule has 0 heterocycles. The summed E-state index contributed by atoms with van der Waals surface area (Å²) in [7, 11) is -3.70. The number of nitrogens with one attached hydrogen (secondary N) is 1. The number of sulfonamides is 1. The number of carbonyl (C=O) groups is 1. The van der Waals surface area contributed by atoms with Crippen LogP contribution in [-0.4, -0.2) is 20.9 Å². The zero-order chi connectivity index (χ0) is 18.4. The molecule has 0 bridgehead atoms. The molecule has 0 fully saturated rings. The van der Waals surface area contributed by atoms with E-state index in [4.69, 9.17) is 5.14 Å². The Bertz CT molecular complexity index is 818. The molecule has 0 radical (unpaired) electrons. The van der Waals surface area contributed by atoms with Gasteiger partial charge >= 0.3 is 0 Å². The van der Waals surface area contributed by atoms with Crippen molar-refractivity contribution in [2.75, 3.05) is 6.54 Å². The molecular formula is C18H21FN2O3S. The fourth-order valence-corrected chi connectivity index (χ4v) is 3.08. The number of nitrogens with two attached hydrogens (primary N) is 1. The van der Waals surface area contributed by atoms with E-state index in [2.05, 4.69) is 5.32 Å². The highest BCUT2D eigenvalue weighted by molar-refractivity contribution is 7.89. The van der Waals surface area contributed by atoms with Gasteiger partial charge in [0.15, 0.2) is 0 Å². The van der Waals surface area contributed by atoms with Crippen molar-refractivity contribution in [1.29, 1.82) is 0 Å². The van der Waals surface area contributed by atoms with Crippen LogP contribution >= 0.6 is 0 Å². The van der Waals surface area contributed by atoms with Crippen LogP contribution in [0.25, 0.3) is 0 Å². The van der Waals surface area contributed by atoms with Crippen molar-refractivity contribution < 1.29 is 17.6 Å². The van der Waals surface area contributed by atoms with Crippen LogP contribution in [0.3, 0.4) is 0 Å². The van der Waals surface area contributed by atoms with Gasteiger partial charge < -0.3 is 5.32 Å². The number of rotatable bonds is 7. The first-order valence-electron chi connectivity index (χ1n) is 7.96. The summed E-state index contributed by atoms with van der Waals surface area (Å²) in [5.74, 6) is -0.775. The highest BCUT2D eigenvalue weighted by atomic mass is 32.2. The second-order valence-electron chi connectivity index (χ2n) is 5.74. The molecule has 0 aliphatic rings. The summed E-state index contributed by atoms with van der Waals surface area (Å²) in [6.07, 6.45) is 1.18. The zero-order valence-corrected chi connectivity index (χ0v) is 14.7. The Kier molecular flexibility index (Phi) is 6.27. The third-order valence-electron chi connectivity index (χ3n) is 3.96. The van der Waals surface area contributed by atoms with Gasteiger partial charge in [0.1, 0.15) is 5.82 Å². The van der Waals surface area contributed by atoms with E-state index in [0.717, 1.165) is 11.1 Å². The second-order valence-corrected chi connectivity index (χ2v) is 7.30. The Balaban J connectivity index is 1.91. The summed E-state index contributed by atoms with van der Waals surface area (Å²) >= 11 is 0. The van der Waals surface area contributed by atoms with Crippen LogP contribution in [0, 0.1) is 5.82 Å². The highest BCUT2D eigenvalue weighted by Gasteiger charge is 2.18. The lowest BCUT2D eigenvalue weighted by atomic mass is 9.95. The number of amides is 1. The molecule has 5 nitrogen and oxygen atoms in total. The average Bonchev–Trinajstić information content (AvgIpc) is 2.57. The van der Waals surface area contributed by atoms with E-state index in [0.29, 0.717) is 19.4 Å². The van der Waals surface area contributed by atoms with Gasteiger partial charge in [-0.25, -0.2) is 17.9 Å². The molecule has 0 aromatic heterocycles. The van der Waals surface area contributed by atoms with Crippen LogP contribution in [0.2, 0.25) is 0 Å². The average molecular weight is 364 g/mol. The molecule has 7 heteroatoms. The largest absolute Gasteiger partial charge is 0.355 e. The van der Waals surface area contributed by atoms with Crippen molar-refractivity contribution in [2.45, 2.75) is 30.6 Å². The van der Waals surface area contributed by atoms with E-state index in [-0.39, 0.29) is 22.5 Å². The Morgan fingerprint density at radius 3 is 2.24 bits per heavy atom. The van der Waals surface area contributed by atoms with Gasteiger partial charge in [-0.05, 0) is 48.2 Å². The van der Waals surface area contributed by atoms with E-state index in [1.165, 1.54) is 24.3 Å². The van der Waals surface area contributed by atoms with Gasteiger partial charge in [-0.3, -0.25) is 4.79 Å². The molecule has 2 aromatic carbocycles.